The summed E-state index contributed by atoms with van der Waals surface area (Å²) in [5, 5.41) is 3.97. The van der Waals surface area contributed by atoms with Crippen LogP contribution in [0.2, 0.25) is 0 Å². The highest BCUT2D eigenvalue weighted by atomic mass is 79.9. The fourth-order valence-electron chi connectivity index (χ4n) is 2.30. The molecule has 0 aliphatic carbocycles. The number of aromatic nitrogens is 2. The topological polar surface area (TPSA) is 56.3 Å². The van der Waals surface area contributed by atoms with Crippen LogP contribution in [0.5, 0.6) is 5.75 Å². The maximum absolute atomic E-state index is 6.05. The Morgan fingerprint density at radius 2 is 2.25 bits per heavy atom. The number of benzene rings is 1. The molecule has 1 atom stereocenters. The first-order chi connectivity index (χ1) is 9.67. The molecule has 1 aliphatic rings. The number of ether oxygens (including phenoxy) is 2. The molecule has 0 bridgehead atoms. The summed E-state index contributed by atoms with van der Waals surface area (Å²) in [6, 6.07) is 3.97. The molecule has 0 amide bonds. The van der Waals surface area contributed by atoms with Gasteiger partial charge in [-0.15, -0.1) is 0 Å². The van der Waals surface area contributed by atoms with Crippen molar-refractivity contribution in [3.63, 3.8) is 0 Å². The van der Waals surface area contributed by atoms with Gasteiger partial charge in [-0.25, -0.2) is 9.97 Å². The van der Waals surface area contributed by atoms with Gasteiger partial charge in [0, 0.05) is 23.3 Å². The van der Waals surface area contributed by atoms with E-state index >= 15 is 0 Å². The number of anilines is 1. The van der Waals surface area contributed by atoms with Gasteiger partial charge >= 0.3 is 0 Å². The van der Waals surface area contributed by atoms with E-state index in [2.05, 4.69) is 31.2 Å². The van der Waals surface area contributed by atoms with Crippen molar-refractivity contribution in [2.45, 2.75) is 19.4 Å². The van der Waals surface area contributed by atoms with E-state index < -0.39 is 0 Å². The van der Waals surface area contributed by atoms with Crippen molar-refractivity contribution in [3.05, 3.63) is 22.3 Å². The lowest BCUT2D eigenvalue weighted by Crippen LogP contribution is -2.16. The minimum absolute atomic E-state index is 0.0980. The molecule has 5 nitrogen and oxygen atoms in total. The monoisotopic (exact) mass is 337 g/mol. The van der Waals surface area contributed by atoms with Gasteiger partial charge in [0.05, 0.1) is 18.9 Å². The van der Waals surface area contributed by atoms with E-state index in [4.69, 9.17) is 9.47 Å². The second kappa shape index (κ2) is 5.54. The first kappa shape index (κ1) is 13.6. The van der Waals surface area contributed by atoms with Crippen LogP contribution in [0.4, 0.5) is 5.95 Å². The predicted octanol–water partition coefficient (Wildman–Crippen LogP) is 2.91. The number of fused-ring (bicyclic) bond motifs is 1. The maximum Gasteiger partial charge on any atom is 0.223 e. The normalized spacial score (nSPS) is 18.4. The fraction of sp³-hybridized carbons (Fsp3) is 0.429. The fourth-order valence-corrected chi connectivity index (χ4v) is 2.74. The van der Waals surface area contributed by atoms with Gasteiger partial charge in [-0.05, 0) is 19.1 Å². The van der Waals surface area contributed by atoms with E-state index in [0.717, 1.165) is 39.8 Å². The van der Waals surface area contributed by atoms with E-state index in [1.165, 1.54) is 0 Å². The number of hydrogen-bond donors (Lipinski definition) is 1. The SMILES string of the molecule is CNc1nc(C)c2cc(Br)cc(OC3CCOC3)c2n1. The standard InChI is InChI=1S/C14H16BrN3O2/c1-8-11-5-9(15)6-12(20-10-3-4-19-7-10)13(11)18-14(16-2)17-8/h5-6,10H,3-4,7H2,1-2H3,(H,16,17,18). The lowest BCUT2D eigenvalue weighted by Gasteiger charge is -2.15. The molecule has 0 spiro atoms. The Balaban J connectivity index is 2.10. The molecule has 20 heavy (non-hydrogen) atoms. The third-order valence-electron chi connectivity index (χ3n) is 3.33. The second-order valence-electron chi connectivity index (χ2n) is 4.79. The van der Waals surface area contributed by atoms with Crippen molar-refractivity contribution in [2.75, 3.05) is 25.6 Å². The van der Waals surface area contributed by atoms with Crippen molar-refractivity contribution >= 4 is 32.8 Å². The maximum atomic E-state index is 6.05. The molecule has 2 heterocycles. The number of nitrogens with zero attached hydrogens (tertiary/aromatic N) is 2. The first-order valence-electron chi connectivity index (χ1n) is 6.57. The number of aryl methyl sites for hydroxylation is 1. The van der Waals surface area contributed by atoms with Crippen molar-refractivity contribution < 1.29 is 9.47 Å². The van der Waals surface area contributed by atoms with Gasteiger partial charge in [0.1, 0.15) is 17.4 Å². The van der Waals surface area contributed by atoms with Crippen LogP contribution in [0.3, 0.4) is 0 Å². The average Bonchev–Trinajstić information content (AvgIpc) is 2.92. The highest BCUT2D eigenvalue weighted by Gasteiger charge is 2.20. The minimum Gasteiger partial charge on any atom is -0.486 e. The van der Waals surface area contributed by atoms with Gasteiger partial charge in [-0.1, -0.05) is 15.9 Å². The summed E-state index contributed by atoms with van der Waals surface area (Å²) in [6.45, 7) is 3.36. The van der Waals surface area contributed by atoms with Crippen LogP contribution in [0, 0.1) is 6.92 Å². The summed E-state index contributed by atoms with van der Waals surface area (Å²) in [4.78, 5) is 8.94. The third-order valence-corrected chi connectivity index (χ3v) is 3.78. The van der Waals surface area contributed by atoms with E-state index in [-0.39, 0.29) is 6.10 Å². The number of nitrogens with one attached hydrogen (secondary N) is 1. The zero-order chi connectivity index (χ0) is 14.1. The van der Waals surface area contributed by atoms with E-state index in [1.54, 1.807) is 0 Å². The van der Waals surface area contributed by atoms with Gasteiger partial charge in [0.15, 0.2) is 0 Å². The molecule has 1 fully saturated rings. The van der Waals surface area contributed by atoms with Crippen LogP contribution in [0.15, 0.2) is 16.6 Å². The molecule has 1 aromatic carbocycles. The molecule has 3 rings (SSSR count). The molecule has 1 saturated heterocycles. The first-order valence-corrected chi connectivity index (χ1v) is 7.36. The van der Waals surface area contributed by atoms with E-state index in [9.17, 15) is 0 Å². The van der Waals surface area contributed by atoms with Crippen molar-refractivity contribution in [1.29, 1.82) is 0 Å². The summed E-state index contributed by atoms with van der Waals surface area (Å²) in [5.41, 5.74) is 1.75. The molecule has 0 saturated carbocycles. The Labute approximate surface area is 125 Å². The molecule has 0 radical (unpaired) electrons. The minimum atomic E-state index is 0.0980. The number of rotatable bonds is 3. The summed E-state index contributed by atoms with van der Waals surface area (Å²) in [7, 11) is 1.81. The van der Waals surface area contributed by atoms with Gasteiger partial charge in [0.2, 0.25) is 5.95 Å². The van der Waals surface area contributed by atoms with Crippen molar-refractivity contribution in [3.8, 4) is 5.75 Å². The van der Waals surface area contributed by atoms with Crippen LogP contribution in [0.25, 0.3) is 10.9 Å². The Kier molecular flexibility index (Phi) is 3.76. The number of halogens is 1. The summed E-state index contributed by atoms with van der Waals surface area (Å²) < 4.78 is 12.4. The third kappa shape index (κ3) is 2.58. The molecule has 1 N–H and O–H groups in total. The molecular formula is C14H16BrN3O2. The Morgan fingerprint density at radius 3 is 2.95 bits per heavy atom. The van der Waals surface area contributed by atoms with Crippen LogP contribution in [0.1, 0.15) is 12.1 Å². The van der Waals surface area contributed by atoms with Crippen molar-refractivity contribution in [2.24, 2.45) is 0 Å². The highest BCUT2D eigenvalue weighted by Crippen LogP contribution is 2.32. The van der Waals surface area contributed by atoms with Gasteiger partial charge in [0.25, 0.3) is 0 Å². The molecular weight excluding hydrogens is 322 g/mol. The quantitative estimate of drug-likeness (QED) is 0.933. The lowest BCUT2D eigenvalue weighted by molar-refractivity contribution is 0.142. The smallest absolute Gasteiger partial charge is 0.223 e. The zero-order valence-corrected chi connectivity index (χ0v) is 13.0. The Hall–Kier alpha value is -1.40. The summed E-state index contributed by atoms with van der Waals surface area (Å²) >= 11 is 3.52. The van der Waals surface area contributed by atoms with Crippen LogP contribution < -0.4 is 10.1 Å². The number of hydrogen-bond acceptors (Lipinski definition) is 5. The van der Waals surface area contributed by atoms with Crippen LogP contribution >= 0.6 is 15.9 Å². The average molecular weight is 338 g/mol. The lowest BCUT2D eigenvalue weighted by atomic mass is 10.2. The summed E-state index contributed by atoms with van der Waals surface area (Å²) in [5.74, 6) is 1.37. The Morgan fingerprint density at radius 1 is 1.40 bits per heavy atom. The predicted molar refractivity (Wildman–Crippen MR) is 81.4 cm³/mol. The second-order valence-corrected chi connectivity index (χ2v) is 5.70. The van der Waals surface area contributed by atoms with Crippen molar-refractivity contribution in [1.82, 2.24) is 9.97 Å². The van der Waals surface area contributed by atoms with E-state index in [1.807, 2.05) is 26.1 Å². The van der Waals surface area contributed by atoms with Gasteiger partial charge < -0.3 is 14.8 Å². The molecule has 1 aliphatic heterocycles. The Bertz CT molecular complexity index is 642. The van der Waals surface area contributed by atoms with Gasteiger partial charge in [-0.2, -0.15) is 0 Å². The van der Waals surface area contributed by atoms with Gasteiger partial charge in [-0.3, -0.25) is 0 Å². The molecule has 1 aromatic heterocycles. The molecule has 6 heteroatoms. The van der Waals surface area contributed by atoms with E-state index in [0.29, 0.717) is 12.6 Å². The molecule has 1 unspecified atom stereocenters. The van der Waals surface area contributed by atoms with Crippen LogP contribution in [-0.4, -0.2) is 36.3 Å². The highest BCUT2D eigenvalue weighted by molar-refractivity contribution is 9.10. The summed E-state index contributed by atoms with van der Waals surface area (Å²) in [6.07, 6.45) is 1.01. The van der Waals surface area contributed by atoms with Crippen LogP contribution in [-0.2, 0) is 4.74 Å². The zero-order valence-electron chi connectivity index (χ0n) is 11.4. The largest absolute Gasteiger partial charge is 0.486 e. The molecule has 2 aromatic rings. The molecule has 106 valence electrons.